The first-order valence-corrected chi connectivity index (χ1v) is 8.35. The first kappa shape index (κ1) is 17.7. The summed E-state index contributed by atoms with van der Waals surface area (Å²) in [5.41, 5.74) is 0.549. The Morgan fingerprint density at radius 2 is 1.92 bits per heavy atom. The lowest BCUT2D eigenvalue weighted by Crippen LogP contribution is -2.34. The highest BCUT2D eigenvalue weighted by molar-refractivity contribution is 6.42. The number of rotatable bonds is 4. The van der Waals surface area contributed by atoms with Gasteiger partial charge >= 0.3 is 5.69 Å². The van der Waals surface area contributed by atoms with Gasteiger partial charge in [-0.3, -0.25) is 4.79 Å². The van der Waals surface area contributed by atoms with Gasteiger partial charge in [0.2, 0.25) is 5.91 Å². The molecule has 0 spiro atoms. The second-order valence-electron chi connectivity index (χ2n) is 5.33. The molecule has 0 saturated heterocycles. The van der Waals surface area contributed by atoms with Crippen molar-refractivity contribution in [2.75, 3.05) is 0 Å². The third-order valence-corrected chi connectivity index (χ3v) is 4.46. The van der Waals surface area contributed by atoms with Gasteiger partial charge in [0, 0.05) is 0 Å². The number of hydrogen-bond acceptors (Lipinski definition) is 4. The first-order chi connectivity index (χ1) is 11.8. The van der Waals surface area contributed by atoms with Gasteiger partial charge < -0.3 is 5.32 Å². The van der Waals surface area contributed by atoms with Gasteiger partial charge in [0.15, 0.2) is 5.65 Å². The third-order valence-electron chi connectivity index (χ3n) is 3.52. The van der Waals surface area contributed by atoms with E-state index < -0.39 is 5.69 Å². The van der Waals surface area contributed by atoms with Crippen LogP contribution in [0.15, 0.2) is 35.1 Å². The van der Waals surface area contributed by atoms with Gasteiger partial charge in [-0.2, -0.15) is 4.52 Å². The highest BCUT2D eigenvalue weighted by Gasteiger charge is 2.15. The molecule has 25 heavy (non-hydrogen) atoms. The van der Waals surface area contributed by atoms with Crippen molar-refractivity contribution in [3.05, 3.63) is 61.6 Å². The van der Waals surface area contributed by atoms with Gasteiger partial charge in [-0.15, -0.1) is 10.2 Å². The summed E-state index contributed by atoms with van der Waals surface area (Å²) in [5.74, 6) is -0.379. The quantitative estimate of drug-likeness (QED) is 0.730. The predicted molar refractivity (Wildman–Crippen MR) is 95.3 cm³/mol. The molecule has 1 amide bonds. The zero-order valence-electron chi connectivity index (χ0n) is 12.9. The van der Waals surface area contributed by atoms with Gasteiger partial charge in [-0.05, 0) is 36.8 Å². The number of nitrogens with zero attached hydrogens (tertiary/aromatic N) is 4. The van der Waals surface area contributed by atoms with Crippen molar-refractivity contribution in [1.82, 2.24) is 24.7 Å². The van der Waals surface area contributed by atoms with Gasteiger partial charge in [0.05, 0.1) is 16.1 Å². The lowest BCUT2D eigenvalue weighted by Gasteiger charge is -2.14. The summed E-state index contributed by atoms with van der Waals surface area (Å²) in [5, 5.41) is 11.7. The van der Waals surface area contributed by atoms with E-state index in [1.807, 2.05) is 0 Å². The minimum absolute atomic E-state index is 0.159. The van der Waals surface area contributed by atoms with Crippen molar-refractivity contribution in [3.63, 3.8) is 0 Å². The first-order valence-electron chi connectivity index (χ1n) is 7.22. The Morgan fingerprint density at radius 3 is 2.64 bits per heavy atom. The van der Waals surface area contributed by atoms with Crippen LogP contribution >= 0.6 is 34.8 Å². The number of halogens is 3. The molecule has 7 nitrogen and oxygen atoms in total. The molecule has 3 aromatic rings. The number of nitrogens with one attached hydrogen (secondary N) is 1. The molecule has 2 aromatic heterocycles. The monoisotopic (exact) mass is 399 g/mol. The fourth-order valence-corrected chi connectivity index (χ4v) is 2.72. The van der Waals surface area contributed by atoms with E-state index in [0.717, 1.165) is 14.8 Å². The number of hydrogen-bond donors (Lipinski definition) is 1. The van der Waals surface area contributed by atoms with Crippen molar-refractivity contribution < 1.29 is 4.79 Å². The standard InChI is InChI=1S/C15H12Cl3N5O2/c1-8(9-2-3-10(16)11(17)6-9)19-14(24)7-22-15(25)23-13(21-22)5-4-12(18)20-23/h2-6,8H,7H2,1H3,(H,19,24)/t8-/m0/s1. The second-order valence-corrected chi connectivity index (χ2v) is 6.53. The Balaban J connectivity index is 1.75. The summed E-state index contributed by atoms with van der Waals surface area (Å²) >= 11 is 17.6. The van der Waals surface area contributed by atoms with Crippen LogP contribution in [0.2, 0.25) is 15.2 Å². The Labute approximate surface area is 157 Å². The molecule has 0 fully saturated rings. The van der Waals surface area contributed by atoms with E-state index in [1.54, 1.807) is 31.2 Å². The van der Waals surface area contributed by atoms with Gasteiger partial charge in [0.25, 0.3) is 0 Å². The average Bonchev–Trinajstić information content (AvgIpc) is 2.86. The van der Waals surface area contributed by atoms with Gasteiger partial charge in [0.1, 0.15) is 11.7 Å². The fraction of sp³-hybridized carbons (Fsp3) is 0.200. The molecule has 10 heteroatoms. The highest BCUT2D eigenvalue weighted by atomic mass is 35.5. The number of benzene rings is 1. The fourth-order valence-electron chi connectivity index (χ4n) is 2.28. The molecular formula is C15H12Cl3N5O2. The van der Waals surface area contributed by atoms with E-state index >= 15 is 0 Å². The van der Waals surface area contributed by atoms with E-state index in [9.17, 15) is 9.59 Å². The van der Waals surface area contributed by atoms with E-state index in [4.69, 9.17) is 34.8 Å². The van der Waals surface area contributed by atoms with Crippen molar-refractivity contribution in [3.8, 4) is 0 Å². The molecule has 0 aliphatic heterocycles. The Bertz CT molecular complexity index is 1010. The summed E-state index contributed by atoms with van der Waals surface area (Å²) in [6, 6.07) is 7.84. The van der Waals surface area contributed by atoms with Crippen LogP contribution in [0, 0.1) is 0 Å². The molecule has 1 atom stereocenters. The van der Waals surface area contributed by atoms with Crippen molar-refractivity contribution in [2.45, 2.75) is 19.5 Å². The number of aromatic nitrogens is 4. The summed E-state index contributed by atoms with van der Waals surface area (Å²) < 4.78 is 2.06. The maximum atomic E-state index is 12.2. The highest BCUT2D eigenvalue weighted by Crippen LogP contribution is 2.25. The number of amides is 1. The molecule has 1 N–H and O–H groups in total. The summed E-state index contributed by atoms with van der Waals surface area (Å²) in [7, 11) is 0. The third kappa shape index (κ3) is 3.78. The van der Waals surface area contributed by atoms with Crippen molar-refractivity contribution >= 4 is 46.4 Å². The molecule has 2 heterocycles. The zero-order valence-corrected chi connectivity index (χ0v) is 15.2. The van der Waals surface area contributed by atoms with Crippen LogP contribution in [0.25, 0.3) is 5.65 Å². The van der Waals surface area contributed by atoms with E-state index in [1.165, 1.54) is 6.07 Å². The maximum Gasteiger partial charge on any atom is 0.367 e. The topological polar surface area (TPSA) is 81.3 Å². The van der Waals surface area contributed by atoms with E-state index in [0.29, 0.717) is 15.7 Å². The minimum atomic E-state index is -0.546. The number of fused-ring (bicyclic) bond motifs is 1. The predicted octanol–water partition coefficient (Wildman–Crippen LogP) is 2.73. The molecule has 0 aliphatic rings. The lowest BCUT2D eigenvalue weighted by molar-refractivity contribution is -0.122. The smallest absolute Gasteiger partial charge is 0.348 e. The molecule has 1 aromatic carbocycles. The molecule has 130 valence electrons. The van der Waals surface area contributed by atoms with Crippen LogP contribution in [-0.2, 0) is 11.3 Å². The van der Waals surface area contributed by atoms with Gasteiger partial charge in [-0.1, -0.05) is 40.9 Å². The maximum absolute atomic E-state index is 12.2. The molecule has 0 aliphatic carbocycles. The summed E-state index contributed by atoms with van der Waals surface area (Å²) in [6.45, 7) is 1.55. The van der Waals surface area contributed by atoms with Crippen LogP contribution in [0.5, 0.6) is 0 Å². The SMILES string of the molecule is C[C@H](NC(=O)Cn1nc2ccc(Cl)nn2c1=O)c1ccc(Cl)c(Cl)c1. The molecule has 0 bridgehead atoms. The number of carbonyl (C=O) groups excluding carboxylic acids is 1. The molecule has 0 radical (unpaired) electrons. The zero-order chi connectivity index (χ0) is 18.1. The van der Waals surface area contributed by atoms with Gasteiger partial charge in [-0.25, -0.2) is 9.48 Å². The Morgan fingerprint density at radius 1 is 1.16 bits per heavy atom. The van der Waals surface area contributed by atoms with Crippen LogP contribution < -0.4 is 11.0 Å². The van der Waals surface area contributed by atoms with Crippen LogP contribution in [0.1, 0.15) is 18.5 Å². The average molecular weight is 401 g/mol. The number of carbonyl (C=O) groups is 1. The largest absolute Gasteiger partial charge is 0.367 e. The van der Waals surface area contributed by atoms with Crippen molar-refractivity contribution in [2.24, 2.45) is 0 Å². The van der Waals surface area contributed by atoms with Crippen LogP contribution in [-0.4, -0.2) is 25.3 Å². The Kier molecular flexibility index (Phi) is 4.99. The summed E-state index contributed by atoms with van der Waals surface area (Å²) in [4.78, 5) is 24.4. The van der Waals surface area contributed by atoms with E-state index in [2.05, 4.69) is 15.5 Å². The molecule has 0 unspecified atom stereocenters. The normalized spacial score (nSPS) is 12.3. The molecular weight excluding hydrogens is 389 g/mol. The molecule has 3 rings (SSSR count). The Hall–Kier alpha value is -2.09. The molecule has 0 saturated carbocycles. The van der Waals surface area contributed by atoms with Crippen LogP contribution in [0.4, 0.5) is 0 Å². The second kappa shape index (κ2) is 7.03. The van der Waals surface area contributed by atoms with Crippen molar-refractivity contribution in [1.29, 1.82) is 0 Å². The van der Waals surface area contributed by atoms with Crippen LogP contribution in [0.3, 0.4) is 0 Å². The lowest BCUT2D eigenvalue weighted by atomic mass is 10.1. The minimum Gasteiger partial charge on any atom is -0.348 e. The van der Waals surface area contributed by atoms with E-state index in [-0.39, 0.29) is 23.6 Å². The summed E-state index contributed by atoms with van der Waals surface area (Å²) in [6.07, 6.45) is 0.